The van der Waals surface area contributed by atoms with E-state index in [-0.39, 0.29) is 55.6 Å². The number of amides is 1. The van der Waals surface area contributed by atoms with Crippen LogP contribution in [0.5, 0.6) is 0 Å². The van der Waals surface area contributed by atoms with Crippen molar-refractivity contribution in [1.82, 2.24) is 19.8 Å². The highest BCUT2D eigenvalue weighted by Crippen LogP contribution is 2.51. The monoisotopic (exact) mass is 691 g/mol. The summed E-state index contributed by atoms with van der Waals surface area (Å²) < 4.78 is 65.9. The lowest BCUT2D eigenvalue weighted by Crippen LogP contribution is -2.48. The summed E-state index contributed by atoms with van der Waals surface area (Å²) in [4.78, 5) is 37.8. The lowest BCUT2D eigenvalue weighted by atomic mass is 10.0. The van der Waals surface area contributed by atoms with Crippen LogP contribution in [0.25, 0.3) is 0 Å². The zero-order valence-electron chi connectivity index (χ0n) is 26.7. The molecule has 1 saturated heterocycles. The van der Waals surface area contributed by atoms with Gasteiger partial charge in [-0.15, -0.1) is 0 Å². The quantitative estimate of drug-likeness (QED) is 0.193. The van der Waals surface area contributed by atoms with Crippen molar-refractivity contribution in [3.8, 4) is 0 Å². The molecule has 2 aromatic carbocycles. The summed E-state index contributed by atoms with van der Waals surface area (Å²) in [5.41, 5.74) is 1.88. The van der Waals surface area contributed by atoms with Gasteiger partial charge in [0.2, 0.25) is 5.95 Å². The lowest BCUT2D eigenvalue weighted by Gasteiger charge is -2.36. The van der Waals surface area contributed by atoms with Crippen molar-refractivity contribution in [2.24, 2.45) is 0 Å². The number of carboxylic acids is 1. The molecule has 3 heterocycles. The van der Waals surface area contributed by atoms with Crippen LogP contribution in [0.1, 0.15) is 40.9 Å². The normalized spacial score (nSPS) is 15.5. The van der Waals surface area contributed by atoms with E-state index in [9.17, 15) is 27.3 Å². The maximum Gasteiger partial charge on any atom is 0.421 e. The van der Waals surface area contributed by atoms with E-state index in [1.54, 1.807) is 57.3 Å². The molecule has 1 aromatic heterocycles. The minimum atomic E-state index is -4.79. The maximum absolute atomic E-state index is 14.1. The van der Waals surface area contributed by atoms with Gasteiger partial charge < -0.3 is 34.6 Å². The largest absolute Gasteiger partial charge is 0.480 e. The van der Waals surface area contributed by atoms with Gasteiger partial charge >= 0.3 is 19.7 Å². The van der Waals surface area contributed by atoms with Gasteiger partial charge in [0.15, 0.2) is 0 Å². The minimum Gasteiger partial charge on any atom is -0.480 e. The van der Waals surface area contributed by atoms with Crippen LogP contribution in [0.2, 0.25) is 0 Å². The Bertz CT molecular complexity index is 1690. The lowest BCUT2D eigenvalue weighted by molar-refractivity contribution is -0.138. The fourth-order valence-corrected chi connectivity index (χ4v) is 7.42. The summed E-state index contributed by atoms with van der Waals surface area (Å²) in [6, 6.07) is 9.99. The molecule has 5 rings (SSSR count). The van der Waals surface area contributed by atoms with Crippen LogP contribution in [0, 0.1) is 0 Å². The van der Waals surface area contributed by atoms with Gasteiger partial charge in [0, 0.05) is 62.9 Å². The van der Waals surface area contributed by atoms with E-state index >= 15 is 0 Å². The number of nitrogens with zero attached hydrogens (tertiary/aromatic N) is 5. The van der Waals surface area contributed by atoms with Crippen molar-refractivity contribution in [3.05, 3.63) is 64.8 Å². The molecular formula is C31H37F3N7O6P. The zero-order valence-corrected chi connectivity index (χ0v) is 27.6. The topological polar surface area (TPSA) is 149 Å². The van der Waals surface area contributed by atoms with Crippen molar-refractivity contribution in [1.29, 1.82) is 0 Å². The van der Waals surface area contributed by atoms with Crippen LogP contribution in [0.4, 0.5) is 42.0 Å². The number of carbonyl (C=O) groups excluding carboxylic acids is 1. The van der Waals surface area contributed by atoms with Crippen molar-refractivity contribution >= 4 is 48.3 Å². The molecule has 0 unspecified atom stereocenters. The van der Waals surface area contributed by atoms with E-state index in [0.717, 1.165) is 5.69 Å². The molecule has 2 aliphatic heterocycles. The number of hydrogen-bond donors (Lipinski definition) is 3. The standard InChI is InChI=1S/C31H37F3N7O6P/c1-4-46-48(45,47-5-2)19-20-6-8-21(9-7-20)36-30-35-16-23(31(32,33)34)28(38-30)37-24-10-11-25(22-17-39(3)29(44)27(22)24)41-14-12-40(13-15-41)18-26(42)43/h6-11,16H,4-5,12-15,17-19H2,1-3H3,(H,42,43)(H2,35,36,37,38). The van der Waals surface area contributed by atoms with Crippen LogP contribution in [0.3, 0.4) is 0 Å². The fraction of sp³-hybridized carbons (Fsp3) is 0.419. The van der Waals surface area contributed by atoms with Gasteiger partial charge in [-0.3, -0.25) is 19.1 Å². The summed E-state index contributed by atoms with van der Waals surface area (Å²) in [5, 5.41) is 14.8. The van der Waals surface area contributed by atoms with Gasteiger partial charge in [-0.1, -0.05) is 12.1 Å². The van der Waals surface area contributed by atoms with E-state index in [1.165, 1.54) is 4.90 Å². The molecule has 13 nitrogen and oxygen atoms in total. The van der Waals surface area contributed by atoms with Crippen molar-refractivity contribution in [2.75, 3.05) is 68.5 Å². The summed E-state index contributed by atoms with van der Waals surface area (Å²) in [6.45, 7) is 6.18. The molecule has 0 atom stereocenters. The van der Waals surface area contributed by atoms with E-state index in [4.69, 9.17) is 14.2 Å². The Morgan fingerprint density at radius 2 is 1.69 bits per heavy atom. The number of anilines is 5. The van der Waals surface area contributed by atoms with Crippen LogP contribution >= 0.6 is 7.60 Å². The first-order chi connectivity index (χ1) is 22.8. The highest BCUT2D eigenvalue weighted by atomic mass is 31.2. The SMILES string of the molecule is CCOP(=O)(Cc1ccc(Nc2ncc(C(F)(F)F)c(Nc3ccc(N4CCN(CC(=O)O)CC4)c4c3C(=O)N(C)C4)n2)cc1)OCC. The van der Waals surface area contributed by atoms with Crippen molar-refractivity contribution in [3.63, 3.8) is 0 Å². The molecule has 3 aromatic rings. The minimum absolute atomic E-state index is 0.0533. The molecule has 1 fully saturated rings. The van der Waals surface area contributed by atoms with Gasteiger partial charge in [-0.05, 0) is 43.7 Å². The smallest absolute Gasteiger partial charge is 0.421 e. The van der Waals surface area contributed by atoms with Gasteiger partial charge in [0.05, 0.1) is 37.2 Å². The molecule has 0 spiro atoms. The van der Waals surface area contributed by atoms with E-state index in [0.29, 0.717) is 49.2 Å². The number of carbonyl (C=O) groups is 2. The number of carboxylic acid groups (broad SMARTS) is 1. The summed E-state index contributed by atoms with van der Waals surface area (Å²) in [5.74, 6) is -1.91. The number of rotatable bonds is 13. The Labute approximate surface area is 275 Å². The highest BCUT2D eigenvalue weighted by Gasteiger charge is 2.37. The molecule has 17 heteroatoms. The fourth-order valence-electron chi connectivity index (χ4n) is 5.72. The zero-order chi connectivity index (χ0) is 34.6. The predicted octanol–water partition coefficient (Wildman–Crippen LogP) is 5.54. The van der Waals surface area contributed by atoms with Gasteiger partial charge in [-0.25, -0.2) is 4.98 Å². The average molecular weight is 692 g/mol. The molecule has 0 radical (unpaired) electrons. The summed E-state index contributed by atoms with van der Waals surface area (Å²) >= 11 is 0. The number of piperazine rings is 1. The Balaban J connectivity index is 1.39. The molecule has 48 heavy (non-hydrogen) atoms. The van der Waals surface area contributed by atoms with Gasteiger partial charge in [-0.2, -0.15) is 18.2 Å². The van der Waals surface area contributed by atoms with E-state index in [1.807, 2.05) is 4.90 Å². The Morgan fingerprint density at radius 3 is 2.29 bits per heavy atom. The second-order valence-corrected chi connectivity index (χ2v) is 13.4. The molecule has 0 bridgehead atoms. The summed E-state index contributed by atoms with van der Waals surface area (Å²) in [7, 11) is -1.71. The van der Waals surface area contributed by atoms with Gasteiger partial charge in [0.1, 0.15) is 11.4 Å². The average Bonchev–Trinajstić information content (AvgIpc) is 3.32. The summed E-state index contributed by atoms with van der Waals surface area (Å²) in [6.07, 6.45) is -4.07. The molecule has 258 valence electrons. The van der Waals surface area contributed by atoms with Crippen LogP contribution in [-0.4, -0.2) is 89.7 Å². The molecule has 3 N–H and O–H groups in total. The van der Waals surface area contributed by atoms with Crippen molar-refractivity contribution in [2.45, 2.75) is 32.7 Å². The number of nitrogens with one attached hydrogen (secondary N) is 2. The molecule has 1 amide bonds. The third-order valence-electron chi connectivity index (χ3n) is 7.90. The Hall–Kier alpha value is -4.24. The second-order valence-electron chi connectivity index (χ2n) is 11.3. The third-order valence-corrected chi connectivity index (χ3v) is 9.96. The van der Waals surface area contributed by atoms with Crippen molar-refractivity contribution < 1.29 is 41.5 Å². The van der Waals surface area contributed by atoms with Crippen LogP contribution in [-0.2, 0) is 37.3 Å². The first kappa shape index (κ1) is 35.1. The molecule has 0 aliphatic carbocycles. The first-order valence-corrected chi connectivity index (χ1v) is 17.1. The molecule has 2 aliphatic rings. The number of benzene rings is 2. The Morgan fingerprint density at radius 1 is 1.02 bits per heavy atom. The highest BCUT2D eigenvalue weighted by molar-refractivity contribution is 7.53. The number of hydrogen-bond acceptors (Lipinski definition) is 11. The first-order valence-electron chi connectivity index (χ1n) is 15.4. The predicted molar refractivity (Wildman–Crippen MR) is 173 cm³/mol. The van der Waals surface area contributed by atoms with Crippen LogP contribution in [0.15, 0.2) is 42.6 Å². The number of aromatic nitrogens is 2. The number of halogens is 3. The Kier molecular flexibility index (Phi) is 10.6. The third kappa shape index (κ3) is 8.06. The number of aliphatic carboxylic acids is 1. The maximum atomic E-state index is 14.1. The molecule has 0 saturated carbocycles. The van der Waals surface area contributed by atoms with Crippen LogP contribution < -0.4 is 15.5 Å². The number of alkyl halides is 3. The van der Waals surface area contributed by atoms with E-state index < -0.39 is 31.1 Å². The van der Waals surface area contributed by atoms with Gasteiger partial charge in [0.25, 0.3) is 5.91 Å². The second kappa shape index (κ2) is 14.5. The molecular weight excluding hydrogens is 654 g/mol. The number of fused-ring (bicyclic) bond motifs is 1. The van der Waals surface area contributed by atoms with E-state index in [2.05, 4.69) is 25.5 Å².